The third kappa shape index (κ3) is 2.99. The van der Waals surface area contributed by atoms with Crippen molar-refractivity contribution < 1.29 is 4.79 Å². The van der Waals surface area contributed by atoms with Crippen molar-refractivity contribution >= 4 is 22.5 Å². The first-order valence-electron chi connectivity index (χ1n) is 10.3. The summed E-state index contributed by atoms with van der Waals surface area (Å²) in [5.41, 5.74) is 6.22. The lowest BCUT2D eigenvalue weighted by atomic mass is 9.96. The molecule has 0 aliphatic carbocycles. The molecule has 1 aliphatic rings. The summed E-state index contributed by atoms with van der Waals surface area (Å²) in [6.07, 6.45) is -0.703. The third-order valence-corrected chi connectivity index (χ3v) is 5.62. The zero-order chi connectivity index (χ0) is 21.5. The van der Waals surface area contributed by atoms with Crippen molar-refractivity contribution in [3.63, 3.8) is 0 Å². The van der Waals surface area contributed by atoms with Gasteiger partial charge in [-0.3, -0.25) is 9.79 Å². The maximum absolute atomic E-state index is 13.2. The van der Waals surface area contributed by atoms with Crippen LogP contribution in [0.3, 0.4) is 0 Å². The maximum atomic E-state index is 13.2. The Morgan fingerprint density at radius 3 is 2.44 bits per heavy atom. The molecular formula is C25H18N6O. The van der Waals surface area contributed by atoms with Crippen molar-refractivity contribution in [3.05, 3.63) is 107 Å². The minimum Gasteiger partial charge on any atom is -0.351 e. The van der Waals surface area contributed by atoms with E-state index >= 15 is 0 Å². The van der Waals surface area contributed by atoms with Crippen LogP contribution in [0.25, 0.3) is 22.2 Å². The summed E-state index contributed by atoms with van der Waals surface area (Å²) < 4.78 is 0. The topological polar surface area (TPSA) is 98.8 Å². The zero-order valence-corrected chi connectivity index (χ0v) is 16.9. The lowest BCUT2D eigenvalue weighted by Crippen LogP contribution is -2.28. The van der Waals surface area contributed by atoms with Gasteiger partial charge in [0.05, 0.1) is 5.71 Å². The number of hydrogen-bond donors (Lipinski definition) is 3. The fraction of sp³-hybridized carbons (Fsp3) is 0.0400. The molecule has 0 bridgehead atoms. The van der Waals surface area contributed by atoms with E-state index in [2.05, 4.69) is 25.7 Å². The maximum Gasteiger partial charge on any atom is 0.269 e. The fourth-order valence-electron chi connectivity index (χ4n) is 4.11. The van der Waals surface area contributed by atoms with Crippen LogP contribution >= 0.6 is 0 Å². The van der Waals surface area contributed by atoms with Gasteiger partial charge in [-0.1, -0.05) is 72.8 Å². The molecule has 0 spiro atoms. The molecule has 7 heteroatoms. The predicted octanol–water partition coefficient (Wildman–Crippen LogP) is 4.23. The fourth-order valence-corrected chi connectivity index (χ4v) is 4.11. The third-order valence-electron chi connectivity index (χ3n) is 5.62. The van der Waals surface area contributed by atoms with Gasteiger partial charge in [0.25, 0.3) is 5.91 Å². The van der Waals surface area contributed by atoms with E-state index in [1.54, 1.807) is 0 Å². The number of benzene rings is 3. The molecule has 5 aromatic rings. The van der Waals surface area contributed by atoms with Gasteiger partial charge in [-0.2, -0.15) is 15.4 Å². The van der Waals surface area contributed by atoms with Crippen molar-refractivity contribution in [2.24, 2.45) is 4.99 Å². The number of para-hydroxylation sites is 1. The quantitative estimate of drug-likeness (QED) is 0.409. The number of amides is 1. The van der Waals surface area contributed by atoms with Crippen molar-refractivity contribution in [3.8, 4) is 11.3 Å². The Kier molecular flexibility index (Phi) is 4.18. The molecule has 0 saturated heterocycles. The van der Waals surface area contributed by atoms with Crippen molar-refractivity contribution in [1.29, 1.82) is 0 Å². The van der Waals surface area contributed by atoms with E-state index in [4.69, 9.17) is 4.99 Å². The summed E-state index contributed by atoms with van der Waals surface area (Å²) in [7, 11) is 0. The molecule has 0 saturated carbocycles. The summed E-state index contributed by atoms with van der Waals surface area (Å²) in [5.74, 6) is -0.262. The van der Waals surface area contributed by atoms with Gasteiger partial charge in [0.2, 0.25) is 0 Å². The van der Waals surface area contributed by atoms with Gasteiger partial charge in [0, 0.05) is 27.6 Å². The lowest BCUT2D eigenvalue weighted by molar-refractivity contribution is 0.0933. The van der Waals surface area contributed by atoms with Crippen LogP contribution in [0.15, 0.2) is 89.9 Å². The van der Waals surface area contributed by atoms with Crippen LogP contribution in [0, 0.1) is 0 Å². The standard InChI is InChI=1S/C25H18N6O/c32-25(20-14-16-10-4-7-13-19(16)26-20)28-24-23-22(29-31-30-23)18-12-6-5-11-17(18)21(27-24)15-8-2-1-3-9-15/h1-14,24,26H,(H,28,32)(H,29,30,31)/t24-/m1/s1. The minimum absolute atomic E-state index is 0.262. The van der Waals surface area contributed by atoms with E-state index in [0.717, 1.165) is 33.3 Å². The highest BCUT2D eigenvalue weighted by molar-refractivity contribution is 6.17. The van der Waals surface area contributed by atoms with Crippen LogP contribution < -0.4 is 5.32 Å². The van der Waals surface area contributed by atoms with E-state index in [1.165, 1.54) is 0 Å². The average molecular weight is 418 g/mol. The Bertz CT molecular complexity index is 1450. The highest BCUT2D eigenvalue weighted by Crippen LogP contribution is 2.34. The Morgan fingerprint density at radius 2 is 1.59 bits per heavy atom. The molecule has 2 aromatic heterocycles. The van der Waals surface area contributed by atoms with Crippen LogP contribution in [-0.2, 0) is 0 Å². The number of nitrogens with zero attached hydrogens (tertiary/aromatic N) is 3. The van der Waals surface area contributed by atoms with E-state index < -0.39 is 6.17 Å². The molecule has 32 heavy (non-hydrogen) atoms. The summed E-state index contributed by atoms with van der Waals surface area (Å²) in [5, 5.41) is 15.4. The van der Waals surface area contributed by atoms with Crippen molar-refractivity contribution in [1.82, 2.24) is 25.7 Å². The Labute approximate surface area is 183 Å². The normalized spacial score (nSPS) is 14.9. The molecule has 3 N–H and O–H groups in total. The Hall–Kier alpha value is -4.52. The second-order valence-electron chi connectivity index (χ2n) is 7.59. The molecular weight excluding hydrogens is 400 g/mol. The van der Waals surface area contributed by atoms with E-state index in [-0.39, 0.29) is 5.91 Å². The average Bonchev–Trinajstić information content (AvgIpc) is 3.47. The van der Waals surface area contributed by atoms with Gasteiger partial charge in [-0.05, 0) is 12.1 Å². The van der Waals surface area contributed by atoms with Crippen molar-refractivity contribution in [2.75, 3.05) is 0 Å². The van der Waals surface area contributed by atoms with Crippen molar-refractivity contribution in [2.45, 2.75) is 6.17 Å². The number of hydrogen-bond acceptors (Lipinski definition) is 4. The summed E-state index contributed by atoms with van der Waals surface area (Å²) >= 11 is 0. The Balaban J connectivity index is 1.47. The number of aliphatic imine (C=N–C) groups is 1. The molecule has 0 unspecified atom stereocenters. The summed E-state index contributed by atoms with van der Waals surface area (Å²) in [6, 6.07) is 27.5. The monoisotopic (exact) mass is 418 g/mol. The van der Waals surface area contributed by atoms with Gasteiger partial charge in [0.15, 0.2) is 6.17 Å². The lowest BCUT2D eigenvalue weighted by Gasteiger charge is -2.13. The van der Waals surface area contributed by atoms with Crippen LogP contribution in [0.4, 0.5) is 0 Å². The zero-order valence-electron chi connectivity index (χ0n) is 16.9. The molecule has 0 radical (unpaired) electrons. The molecule has 3 aromatic carbocycles. The van der Waals surface area contributed by atoms with E-state index in [0.29, 0.717) is 17.1 Å². The Morgan fingerprint density at radius 1 is 0.844 bits per heavy atom. The highest BCUT2D eigenvalue weighted by atomic mass is 16.2. The second kappa shape index (κ2) is 7.31. The first kappa shape index (κ1) is 18.3. The number of nitrogens with one attached hydrogen (secondary N) is 3. The van der Waals surface area contributed by atoms with Gasteiger partial charge in [-0.15, -0.1) is 0 Å². The number of H-pyrrole nitrogens is 2. The van der Waals surface area contributed by atoms with Gasteiger partial charge < -0.3 is 10.3 Å². The molecule has 1 aliphatic heterocycles. The smallest absolute Gasteiger partial charge is 0.269 e. The molecule has 3 heterocycles. The van der Waals surface area contributed by atoms with Gasteiger partial charge >= 0.3 is 0 Å². The van der Waals surface area contributed by atoms with Crippen LogP contribution in [0.5, 0.6) is 0 Å². The van der Waals surface area contributed by atoms with Crippen LogP contribution in [0.1, 0.15) is 33.5 Å². The molecule has 1 amide bonds. The molecule has 7 nitrogen and oxygen atoms in total. The highest BCUT2D eigenvalue weighted by Gasteiger charge is 2.29. The van der Waals surface area contributed by atoms with Gasteiger partial charge in [0.1, 0.15) is 17.1 Å². The molecule has 0 fully saturated rings. The first-order valence-corrected chi connectivity index (χ1v) is 10.3. The number of carbonyl (C=O) groups excluding carboxylic acids is 1. The first-order chi connectivity index (χ1) is 15.8. The van der Waals surface area contributed by atoms with Crippen LogP contribution in [-0.4, -0.2) is 32.0 Å². The number of fused-ring (bicyclic) bond motifs is 4. The van der Waals surface area contributed by atoms with Gasteiger partial charge in [-0.25, -0.2) is 0 Å². The van der Waals surface area contributed by atoms with E-state index in [9.17, 15) is 4.79 Å². The number of rotatable bonds is 3. The summed E-state index contributed by atoms with van der Waals surface area (Å²) in [4.78, 5) is 21.3. The number of aromatic amines is 2. The largest absolute Gasteiger partial charge is 0.351 e. The number of aromatic nitrogens is 4. The number of carbonyl (C=O) groups is 1. The molecule has 154 valence electrons. The molecule has 1 atom stereocenters. The van der Waals surface area contributed by atoms with E-state index in [1.807, 2.05) is 84.9 Å². The second-order valence-corrected chi connectivity index (χ2v) is 7.59. The molecule has 6 rings (SSSR count). The van der Waals surface area contributed by atoms with Crippen LogP contribution in [0.2, 0.25) is 0 Å². The predicted molar refractivity (Wildman–Crippen MR) is 122 cm³/mol. The summed E-state index contributed by atoms with van der Waals surface area (Å²) in [6.45, 7) is 0. The minimum atomic E-state index is -0.703. The SMILES string of the molecule is O=C(N[C@H]1N=C(c2ccccc2)c2ccccc2-c2n[nH]nc21)c1cc2ccccc2[nH]1.